The fraction of sp³-hybridized carbons (Fsp3) is 0.266. The maximum Gasteiger partial charge on any atom is 0.569 e. The molecule has 14 aromatic rings. The summed E-state index contributed by atoms with van der Waals surface area (Å²) in [4.78, 5) is 29.0. The number of anilines is 3. The number of benzene rings is 14. The number of nitrogens with one attached hydrogen (secondary N) is 4. The summed E-state index contributed by atoms with van der Waals surface area (Å²) < 4.78 is 57.0. The molecule has 17 rings (SSSR count). The molecule has 0 aliphatic carbocycles. The van der Waals surface area contributed by atoms with Crippen molar-refractivity contribution in [3.05, 3.63) is 313 Å². The van der Waals surface area contributed by atoms with Gasteiger partial charge < -0.3 is 83.4 Å². The van der Waals surface area contributed by atoms with Crippen molar-refractivity contribution in [2.45, 2.75) is 123 Å². The van der Waals surface area contributed by atoms with Gasteiger partial charge in [0.1, 0.15) is 57.2 Å². The number of carbonyl (C=O) groups excluding carboxylic acids is 2. The molecule has 671 valence electrons. The van der Waals surface area contributed by atoms with Crippen LogP contribution in [0.25, 0.3) is 65.7 Å². The molecule has 130 heavy (non-hydrogen) atoms. The Hall–Kier alpha value is -13.3. The number of hydrogen-bond acceptors (Lipinski definition) is 17. The van der Waals surface area contributed by atoms with Crippen LogP contribution in [0.4, 0.5) is 26.7 Å². The Bertz CT molecular complexity index is 6060. The molecule has 3 aliphatic heterocycles. The molecule has 0 aromatic heterocycles. The van der Waals surface area contributed by atoms with Crippen molar-refractivity contribution >= 4 is 85.2 Å². The van der Waals surface area contributed by atoms with Crippen LogP contribution in [0.1, 0.15) is 91.2 Å². The van der Waals surface area contributed by atoms with E-state index in [1.165, 1.54) is 62.2 Å². The molecule has 3 atom stereocenters. The highest BCUT2D eigenvalue weighted by Crippen LogP contribution is 2.41. The summed E-state index contributed by atoms with van der Waals surface area (Å²) >= 11 is 3.51. The highest BCUT2D eigenvalue weighted by Gasteiger charge is 2.34. The quantitative estimate of drug-likeness (QED) is 0.0357. The van der Waals surface area contributed by atoms with Gasteiger partial charge in [0.2, 0.25) is 0 Å². The van der Waals surface area contributed by atoms with Gasteiger partial charge in [-0.2, -0.15) is 0 Å². The van der Waals surface area contributed by atoms with Gasteiger partial charge in [0.25, 0.3) is 0 Å². The predicted molar refractivity (Wildman–Crippen MR) is 531 cm³/mol. The van der Waals surface area contributed by atoms with Crippen LogP contribution >= 0.6 is 15.9 Å². The van der Waals surface area contributed by atoms with Gasteiger partial charge in [-0.25, -0.2) is 9.59 Å². The minimum atomic E-state index is -0.518. The SMILES string of the molecule is COc1ccc(Oc2cc(-c3ccc4ccccc4c3)ccc2NC[C@@H]2CCCN2)cc1.COc1ccc(Oc2cc(-c3ccc4ccccc4c3)ccc2NC[C@@H]2CCCN2C(=O)OC(C)(C)C)cc1.COc1ccc(Oc2cc(Br)ccc2NC[C@@H]2CCCN2C(=O)OC(C)(C)C)cc1.COc1cccc(C)c1-c1ccccc1C.O[B]Oc1ccc2ccccc2c1. The first-order chi connectivity index (χ1) is 62.9. The number of halogens is 1. The van der Waals surface area contributed by atoms with Crippen LogP contribution in [-0.4, -0.2) is 132 Å². The van der Waals surface area contributed by atoms with E-state index in [2.05, 4.69) is 203 Å². The number of aryl methyl sites for hydroxylation is 2. The molecule has 0 saturated carbocycles. The van der Waals surface area contributed by atoms with Crippen LogP contribution in [0.2, 0.25) is 0 Å². The first-order valence-electron chi connectivity index (χ1n) is 44.2. The molecule has 3 fully saturated rings. The summed E-state index contributed by atoms with van der Waals surface area (Å²) in [5.41, 5.74) is 11.2. The summed E-state index contributed by atoms with van der Waals surface area (Å²) in [6, 6.07) is 99.8. The standard InChI is InChI=1S/C33H36N2O4.C28H28N2O2.C23H29BrN2O4.C15H16O.C10H8BO2/c1-33(2,3)39-32(36)35-19-7-10-27(35)22-34-30-18-13-26(25-12-11-23-8-5-6-9-24(23)20-25)21-31(30)38-29-16-14-28(37-4)15-17-29;1-31-25-11-13-26(14-12-25)32-28-18-23(10-15-27(28)30-19-24-7-4-16-29-24)22-9-8-20-5-2-3-6-21(20)17-22;1-23(2,3)30-22(27)26-13-5-6-17(26)15-25-20-12-7-16(24)14-21(20)29-19-10-8-18(28-4)9-11-19;1-11-7-4-5-9-13(11)15-12(2)8-6-10-14(15)16-3;12-11-13-10-6-5-8-3-1-2-4-9(8)7-10/h5-6,8-9,11-18,20-21,27,34H,7,10,19,22H2,1-4H3;2-3,5-6,8-15,17-18,24,29-30H,4,7,16,19H2,1H3;7-12,14,17,25H,5-6,13,15H2,1-4H3;4-10H,1-3H3;1-7,12H/t27-;24-;17-;;/m000../s1. The van der Waals surface area contributed by atoms with Gasteiger partial charge in [0.15, 0.2) is 17.2 Å². The second kappa shape index (κ2) is 45.6. The van der Waals surface area contributed by atoms with Crippen molar-refractivity contribution < 1.29 is 61.9 Å². The van der Waals surface area contributed by atoms with Crippen molar-refractivity contribution in [1.29, 1.82) is 0 Å². The highest BCUT2D eigenvalue weighted by atomic mass is 79.9. The molecule has 2 amide bonds. The molecule has 0 bridgehead atoms. The molecule has 3 heterocycles. The molecule has 5 N–H and O–H groups in total. The molecular formula is C109H117BBrN6O13. The van der Waals surface area contributed by atoms with E-state index < -0.39 is 11.2 Å². The summed E-state index contributed by atoms with van der Waals surface area (Å²) in [5, 5.41) is 29.7. The Morgan fingerprint density at radius 1 is 0.392 bits per heavy atom. The van der Waals surface area contributed by atoms with Crippen molar-refractivity contribution in [1.82, 2.24) is 15.1 Å². The van der Waals surface area contributed by atoms with Crippen LogP contribution in [-0.2, 0) is 9.47 Å². The third-order valence-corrected chi connectivity index (χ3v) is 23.0. The third-order valence-electron chi connectivity index (χ3n) is 22.5. The van der Waals surface area contributed by atoms with Crippen LogP contribution in [0.15, 0.2) is 302 Å². The summed E-state index contributed by atoms with van der Waals surface area (Å²) in [5.74, 6) is 8.39. The Labute approximate surface area is 773 Å². The molecule has 3 aliphatic rings. The van der Waals surface area contributed by atoms with Gasteiger partial charge in [0.05, 0.1) is 57.6 Å². The van der Waals surface area contributed by atoms with E-state index in [0.717, 1.165) is 129 Å². The lowest BCUT2D eigenvalue weighted by molar-refractivity contribution is 0.0224. The lowest BCUT2D eigenvalue weighted by Gasteiger charge is -2.29. The van der Waals surface area contributed by atoms with Gasteiger partial charge >= 0.3 is 19.9 Å². The zero-order chi connectivity index (χ0) is 91.5. The molecular weight excluding hydrogens is 1690 g/mol. The minimum absolute atomic E-state index is 0.0499. The van der Waals surface area contributed by atoms with E-state index in [-0.39, 0.29) is 24.3 Å². The number of methoxy groups -OCH3 is 4. The normalized spacial score (nSPS) is 14.4. The summed E-state index contributed by atoms with van der Waals surface area (Å²) in [6.45, 7) is 20.2. The third kappa shape index (κ3) is 26.7. The van der Waals surface area contributed by atoms with Crippen LogP contribution in [0, 0.1) is 13.8 Å². The zero-order valence-electron chi connectivity index (χ0n) is 76.2. The number of fused-ring (bicyclic) bond motifs is 3. The molecule has 0 unspecified atom stereocenters. The second-order valence-electron chi connectivity index (χ2n) is 34.1. The minimum Gasteiger partial charge on any atom is -0.537 e. The smallest absolute Gasteiger partial charge is 0.537 e. The highest BCUT2D eigenvalue weighted by molar-refractivity contribution is 9.10. The van der Waals surface area contributed by atoms with Crippen LogP contribution in [0.5, 0.6) is 63.2 Å². The Morgan fingerprint density at radius 2 is 0.777 bits per heavy atom. The first kappa shape index (κ1) is 94.3. The summed E-state index contributed by atoms with van der Waals surface area (Å²) in [7, 11) is 7.35. The van der Waals surface area contributed by atoms with Crippen LogP contribution < -0.4 is 59.1 Å². The maximum atomic E-state index is 12.8. The topological polar surface area (TPSA) is 201 Å². The average Bonchev–Trinajstić information content (AvgIpc) is 1.02. The van der Waals surface area contributed by atoms with Crippen LogP contribution in [0.3, 0.4) is 0 Å². The molecule has 3 saturated heterocycles. The van der Waals surface area contributed by atoms with E-state index in [1.54, 1.807) is 28.4 Å². The number of amides is 2. The Balaban J connectivity index is 0.000000145. The number of hydrogen-bond donors (Lipinski definition) is 5. The van der Waals surface area contributed by atoms with Gasteiger partial charge in [-0.1, -0.05) is 168 Å². The number of ether oxygens (including phenoxy) is 9. The molecule has 14 aromatic carbocycles. The van der Waals surface area contributed by atoms with E-state index in [4.69, 9.17) is 52.3 Å². The maximum absolute atomic E-state index is 12.8. The fourth-order valence-electron chi connectivity index (χ4n) is 15.8. The first-order valence-corrected chi connectivity index (χ1v) is 45.0. The van der Waals surface area contributed by atoms with Gasteiger partial charge in [-0.15, -0.1) is 0 Å². The van der Waals surface area contributed by atoms with Crippen molar-refractivity contribution in [2.75, 3.05) is 83.7 Å². The zero-order valence-corrected chi connectivity index (χ0v) is 77.8. The number of likely N-dealkylation sites (tertiary alicyclic amines) is 2. The largest absolute Gasteiger partial charge is 0.569 e. The molecule has 21 heteroatoms. The number of carbonyl (C=O) groups is 2. The summed E-state index contributed by atoms with van der Waals surface area (Å²) in [6.07, 6.45) is 5.74. The molecule has 0 spiro atoms. The van der Waals surface area contributed by atoms with E-state index >= 15 is 0 Å². The predicted octanol–water partition coefficient (Wildman–Crippen LogP) is 26.4. The van der Waals surface area contributed by atoms with Gasteiger partial charge in [-0.3, -0.25) is 0 Å². The van der Waals surface area contributed by atoms with E-state index in [0.29, 0.717) is 62.1 Å². The Kier molecular flexibility index (Phi) is 33.1. The number of nitrogens with zero attached hydrogens (tertiary/aromatic N) is 2. The van der Waals surface area contributed by atoms with Gasteiger partial charge in [0, 0.05) is 48.8 Å². The molecule has 19 nitrogen and oxygen atoms in total. The lowest BCUT2D eigenvalue weighted by atomic mass is 9.96. The average molecular weight is 1810 g/mol. The second-order valence-corrected chi connectivity index (χ2v) is 35.0. The Morgan fingerprint density at radius 3 is 1.21 bits per heavy atom. The van der Waals surface area contributed by atoms with Gasteiger partial charge in [-0.05, 0) is 317 Å². The van der Waals surface area contributed by atoms with Crippen molar-refractivity contribution in [3.8, 4) is 96.6 Å². The molecule has 1 radical (unpaired) electrons. The van der Waals surface area contributed by atoms with E-state index in [1.807, 2.05) is 197 Å². The van der Waals surface area contributed by atoms with Crippen molar-refractivity contribution in [2.24, 2.45) is 0 Å². The van der Waals surface area contributed by atoms with Crippen molar-refractivity contribution in [3.63, 3.8) is 0 Å². The number of rotatable bonds is 24. The fourth-order valence-corrected chi connectivity index (χ4v) is 16.1. The lowest BCUT2D eigenvalue weighted by Crippen LogP contribution is -2.42. The van der Waals surface area contributed by atoms with E-state index in [9.17, 15) is 9.59 Å². The monoisotopic (exact) mass is 1810 g/mol.